The normalized spacial score (nSPS) is 15.1. The third kappa shape index (κ3) is 4.52. The highest BCUT2D eigenvalue weighted by Crippen LogP contribution is 2.09. The number of ether oxygens (including phenoxy) is 1. The van der Waals surface area contributed by atoms with E-state index < -0.39 is 11.5 Å². The third-order valence-corrected chi connectivity index (χ3v) is 1.93. The Kier molecular flexibility index (Phi) is 6.39. The molecule has 14 heavy (non-hydrogen) atoms. The second-order valence-electron chi connectivity index (χ2n) is 3.09. The zero-order valence-corrected chi connectivity index (χ0v) is 8.19. The van der Waals surface area contributed by atoms with Crippen molar-refractivity contribution in [2.45, 2.75) is 12.0 Å². The van der Waals surface area contributed by atoms with E-state index in [9.17, 15) is 4.79 Å². The van der Waals surface area contributed by atoms with Gasteiger partial charge in [-0.1, -0.05) is 0 Å². The summed E-state index contributed by atoms with van der Waals surface area (Å²) < 4.78 is 4.86. The molecule has 0 amide bonds. The Morgan fingerprint density at radius 3 is 2.50 bits per heavy atom. The van der Waals surface area contributed by atoms with E-state index >= 15 is 0 Å². The Morgan fingerprint density at radius 1 is 1.50 bits per heavy atom. The average molecular weight is 207 g/mol. The molecule has 6 heteroatoms. The van der Waals surface area contributed by atoms with Crippen LogP contribution in [0.25, 0.3) is 0 Å². The lowest BCUT2D eigenvalue weighted by Crippen LogP contribution is -2.54. The quantitative estimate of drug-likeness (QED) is 0.383. The predicted octanol–water partition coefficient (Wildman–Crippen LogP) is -1.58. The summed E-state index contributed by atoms with van der Waals surface area (Å²) >= 11 is 0. The van der Waals surface area contributed by atoms with Gasteiger partial charge < -0.3 is 20.1 Å². The first kappa shape index (κ1) is 13.3. The van der Waals surface area contributed by atoms with Crippen LogP contribution in [0.2, 0.25) is 0 Å². The maximum Gasteiger partial charge on any atom is 0.317 e. The molecule has 0 spiro atoms. The van der Waals surface area contributed by atoms with Gasteiger partial charge in [0.25, 0.3) is 0 Å². The van der Waals surface area contributed by atoms with E-state index in [1.807, 2.05) is 0 Å². The minimum atomic E-state index is -1.02. The lowest BCUT2D eigenvalue weighted by Gasteiger charge is -2.31. The van der Waals surface area contributed by atoms with Gasteiger partial charge in [-0.2, -0.15) is 0 Å². The fourth-order valence-electron chi connectivity index (χ4n) is 1.15. The zero-order chi connectivity index (χ0) is 11.0. The number of aliphatic hydroxyl groups is 2. The van der Waals surface area contributed by atoms with Gasteiger partial charge in [0.1, 0.15) is 0 Å². The number of carboxylic acids is 1. The van der Waals surface area contributed by atoms with Crippen molar-refractivity contribution in [3.63, 3.8) is 0 Å². The fraction of sp³-hybridized carbons (Fsp3) is 0.875. The van der Waals surface area contributed by atoms with Crippen LogP contribution in [0.3, 0.4) is 0 Å². The highest BCUT2D eigenvalue weighted by molar-refractivity contribution is 5.69. The van der Waals surface area contributed by atoms with Crippen molar-refractivity contribution in [3.8, 4) is 0 Å². The molecule has 0 aliphatic rings. The predicted molar refractivity (Wildman–Crippen MR) is 49.0 cm³/mol. The van der Waals surface area contributed by atoms with Gasteiger partial charge >= 0.3 is 5.97 Å². The fourth-order valence-corrected chi connectivity index (χ4v) is 1.15. The van der Waals surface area contributed by atoms with Crippen LogP contribution < -0.4 is 5.32 Å². The molecule has 6 nitrogen and oxygen atoms in total. The van der Waals surface area contributed by atoms with Crippen molar-refractivity contribution in [2.75, 3.05) is 33.5 Å². The molecule has 0 fully saturated rings. The van der Waals surface area contributed by atoms with Crippen molar-refractivity contribution in [1.82, 2.24) is 5.32 Å². The van der Waals surface area contributed by atoms with Crippen LogP contribution in [-0.2, 0) is 9.53 Å². The summed E-state index contributed by atoms with van der Waals surface area (Å²) in [5.41, 5.74) is -0.873. The molecule has 0 heterocycles. The van der Waals surface area contributed by atoms with Crippen molar-refractivity contribution < 1.29 is 24.9 Å². The second kappa shape index (κ2) is 6.72. The van der Waals surface area contributed by atoms with Gasteiger partial charge in [-0.15, -0.1) is 0 Å². The average Bonchev–Trinajstić information content (AvgIpc) is 2.15. The zero-order valence-electron chi connectivity index (χ0n) is 8.19. The van der Waals surface area contributed by atoms with E-state index in [1.54, 1.807) is 0 Å². The molecular formula is C8H17NO5. The Bertz CT molecular complexity index is 167. The van der Waals surface area contributed by atoms with Crippen LogP contribution in [0.15, 0.2) is 0 Å². The van der Waals surface area contributed by atoms with E-state index in [1.165, 1.54) is 7.11 Å². The number of hydrogen-bond acceptors (Lipinski definition) is 5. The first-order valence-electron chi connectivity index (χ1n) is 4.27. The molecule has 0 aromatic rings. The summed E-state index contributed by atoms with van der Waals surface area (Å²) in [5.74, 6) is -1.02. The van der Waals surface area contributed by atoms with Gasteiger partial charge in [-0.25, -0.2) is 0 Å². The van der Waals surface area contributed by atoms with Crippen LogP contribution in [0.4, 0.5) is 0 Å². The van der Waals surface area contributed by atoms with Gasteiger partial charge in [-0.3, -0.25) is 10.1 Å². The van der Waals surface area contributed by atoms with Gasteiger partial charge in [0.05, 0.1) is 25.3 Å². The number of aliphatic carboxylic acids is 1. The van der Waals surface area contributed by atoms with Crippen molar-refractivity contribution in [1.29, 1.82) is 0 Å². The summed E-state index contributed by atoms with van der Waals surface area (Å²) in [4.78, 5) is 10.3. The van der Waals surface area contributed by atoms with Crippen LogP contribution in [0.5, 0.6) is 0 Å². The van der Waals surface area contributed by atoms with E-state index in [2.05, 4.69) is 5.32 Å². The van der Waals surface area contributed by atoms with Gasteiger partial charge in [-0.05, 0) is 6.42 Å². The molecular weight excluding hydrogens is 190 g/mol. The lowest BCUT2D eigenvalue weighted by atomic mass is 9.98. The Balaban J connectivity index is 4.24. The highest BCUT2D eigenvalue weighted by Gasteiger charge is 2.28. The Labute approximate surface area is 82.5 Å². The van der Waals surface area contributed by atoms with Gasteiger partial charge in [0.2, 0.25) is 0 Å². The van der Waals surface area contributed by atoms with Gasteiger partial charge in [0.15, 0.2) is 0 Å². The first-order valence-corrected chi connectivity index (χ1v) is 4.27. The second-order valence-corrected chi connectivity index (χ2v) is 3.09. The van der Waals surface area contributed by atoms with Crippen LogP contribution in [-0.4, -0.2) is 60.3 Å². The molecule has 0 saturated carbocycles. The number of carbonyl (C=O) groups is 1. The molecule has 1 unspecified atom stereocenters. The molecule has 0 aromatic carbocycles. The van der Waals surface area contributed by atoms with Gasteiger partial charge in [0, 0.05) is 13.7 Å². The molecule has 0 bridgehead atoms. The summed E-state index contributed by atoms with van der Waals surface area (Å²) in [6, 6.07) is 0. The van der Waals surface area contributed by atoms with Crippen molar-refractivity contribution in [3.05, 3.63) is 0 Å². The lowest BCUT2D eigenvalue weighted by molar-refractivity contribution is -0.136. The smallest absolute Gasteiger partial charge is 0.317 e. The summed E-state index contributed by atoms with van der Waals surface area (Å²) in [6.07, 6.45) is 0.241. The maximum atomic E-state index is 10.3. The van der Waals surface area contributed by atoms with Crippen molar-refractivity contribution in [2.24, 2.45) is 0 Å². The van der Waals surface area contributed by atoms with E-state index in [4.69, 9.17) is 20.1 Å². The standard InChI is InChI=1S/C8H17NO5/c1-14-6-8(5-11,2-3-10)9-4-7(12)13/h9-11H,2-6H2,1H3,(H,12,13). The molecule has 0 aromatic heterocycles. The molecule has 0 aliphatic heterocycles. The molecule has 84 valence electrons. The number of hydrogen-bond donors (Lipinski definition) is 4. The monoisotopic (exact) mass is 207 g/mol. The summed E-state index contributed by atoms with van der Waals surface area (Å²) in [7, 11) is 1.45. The number of rotatable bonds is 8. The minimum absolute atomic E-state index is 0.142. The molecule has 0 radical (unpaired) electrons. The number of aliphatic hydroxyl groups excluding tert-OH is 2. The van der Waals surface area contributed by atoms with Crippen LogP contribution in [0, 0.1) is 0 Å². The molecule has 0 aliphatic carbocycles. The van der Waals surface area contributed by atoms with E-state index in [-0.39, 0.29) is 32.8 Å². The third-order valence-electron chi connectivity index (χ3n) is 1.93. The van der Waals surface area contributed by atoms with Crippen molar-refractivity contribution >= 4 is 5.97 Å². The summed E-state index contributed by atoms with van der Waals surface area (Å²) in [5, 5.41) is 29.0. The first-order chi connectivity index (χ1) is 6.60. The number of methoxy groups -OCH3 is 1. The molecule has 1 atom stereocenters. The Morgan fingerprint density at radius 2 is 2.14 bits per heavy atom. The van der Waals surface area contributed by atoms with Crippen LogP contribution >= 0.6 is 0 Å². The molecule has 4 N–H and O–H groups in total. The topological polar surface area (TPSA) is 99.0 Å². The highest BCUT2D eigenvalue weighted by atomic mass is 16.5. The van der Waals surface area contributed by atoms with E-state index in [0.717, 1.165) is 0 Å². The van der Waals surface area contributed by atoms with E-state index in [0.29, 0.717) is 0 Å². The minimum Gasteiger partial charge on any atom is -0.480 e. The largest absolute Gasteiger partial charge is 0.480 e. The molecule has 0 rings (SSSR count). The summed E-state index contributed by atoms with van der Waals surface area (Å²) in [6.45, 7) is -0.549. The van der Waals surface area contributed by atoms with Crippen LogP contribution in [0.1, 0.15) is 6.42 Å². The Hall–Kier alpha value is -0.690. The molecule has 0 saturated heterocycles. The number of nitrogens with one attached hydrogen (secondary N) is 1. The maximum absolute atomic E-state index is 10.3. The SMILES string of the molecule is COCC(CO)(CCO)NCC(=O)O. The number of carboxylic acid groups (broad SMARTS) is 1.